The van der Waals surface area contributed by atoms with Crippen molar-refractivity contribution in [3.63, 3.8) is 0 Å². The van der Waals surface area contributed by atoms with Crippen LogP contribution in [0.2, 0.25) is 0 Å². The van der Waals surface area contributed by atoms with Crippen LogP contribution in [-0.2, 0) is 5.41 Å². The van der Waals surface area contributed by atoms with Crippen LogP contribution in [0.15, 0.2) is 42.5 Å². The average Bonchev–Trinajstić information content (AvgIpc) is 2.45. The largest absolute Gasteiger partial charge is 0.508 e. The van der Waals surface area contributed by atoms with Gasteiger partial charge in [0.2, 0.25) is 0 Å². The second-order valence-electron chi connectivity index (χ2n) is 6.71. The summed E-state index contributed by atoms with van der Waals surface area (Å²) in [6.07, 6.45) is 2.31. The number of benzene rings is 2. The van der Waals surface area contributed by atoms with Crippen LogP contribution >= 0.6 is 0 Å². The summed E-state index contributed by atoms with van der Waals surface area (Å²) in [5, 5.41) is 13.2. The first-order valence-corrected chi connectivity index (χ1v) is 7.63. The Morgan fingerprint density at radius 2 is 1.90 bits per heavy atom. The Morgan fingerprint density at radius 3 is 2.67 bits per heavy atom. The molecule has 2 aromatic rings. The van der Waals surface area contributed by atoms with Crippen molar-refractivity contribution in [3.05, 3.63) is 59.2 Å². The summed E-state index contributed by atoms with van der Waals surface area (Å²) in [6.45, 7) is 6.68. The lowest BCUT2D eigenvalue weighted by molar-refractivity contribution is 0.406. The van der Waals surface area contributed by atoms with Gasteiger partial charge in [0.15, 0.2) is 0 Å². The molecule has 0 amide bonds. The predicted octanol–water partition coefficient (Wildman–Crippen LogP) is 4.93. The third-order valence-corrected chi connectivity index (χ3v) is 4.66. The Kier molecular flexibility index (Phi) is 3.40. The van der Waals surface area contributed by atoms with Crippen molar-refractivity contribution in [2.75, 3.05) is 5.32 Å². The van der Waals surface area contributed by atoms with E-state index in [0.717, 1.165) is 17.7 Å². The van der Waals surface area contributed by atoms with Gasteiger partial charge in [-0.15, -0.1) is 0 Å². The van der Waals surface area contributed by atoms with E-state index in [9.17, 15) is 5.11 Å². The van der Waals surface area contributed by atoms with Crippen molar-refractivity contribution < 1.29 is 5.11 Å². The molecule has 0 aromatic heterocycles. The summed E-state index contributed by atoms with van der Waals surface area (Å²) in [6, 6.07) is 14.6. The van der Waals surface area contributed by atoms with Gasteiger partial charge in [-0.1, -0.05) is 38.1 Å². The van der Waals surface area contributed by atoms with Gasteiger partial charge in [-0.2, -0.15) is 0 Å². The Labute approximate surface area is 126 Å². The number of phenols is 1. The van der Waals surface area contributed by atoms with Gasteiger partial charge in [-0.05, 0) is 60.1 Å². The number of hydrogen-bond donors (Lipinski definition) is 2. The lowest BCUT2D eigenvalue weighted by Crippen LogP contribution is -2.29. The fourth-order valence-electron chi connectivity index (χ4n) is 3.36. The maximum absolute atomic E-state index is 9.54. The third kappa shape index (κ3) is 2.63. The minimum Gasteiger partial charge on any atom is -0.508 e. The van der Waals surface area contributed by atoms with E-state index in [1.165, 1.54) is 17.5 Å². The van der Waals surface area contributed by atoms with E-state index >= 15 is 0 Å². The Hall–Kier alpha value is -1.96. The molecule has 1 aliphatic carbocycles. The maximum atomic E-state index is 9.54. The third-order valence-electron chi connectivity index (χ3n) is 4.66. The normalized spacial score (nSPS) is 19.9. The standard InChI is InChI=1S/C19H23NO/c1-13-12-14(21)8-9-17(13)20-18-10-11-19(2,3)16-7-5-4-6-15(16)18/h4-9,12,18,20-21H,10-11H2,1-3H3. The first-order chi connectivity index (χ1) is 9.97. The van der Waals surface area contributed by atoms with Gasteiger partial charge in [0.05, 0.1) is 6.04 Å². The molecular formula is C19H23NO. The SMILES string of the molecule is Cc1cc(O)ccc1NC1CCC(C)(C)c2ccccc21. The fourth-order valence-corrected chi connectivity index (χ4v) is 3.36. The van der Waals surface area contributed by atoms with Crippen molar-refractivity contribution in [2.45, 2.75) is 45.1 Å². The predicted molar refractivity (Wildman–Crippen MR) is 87.9 cm³/mol. The van der Waals surface area contributed by atoms with Crippen molar-refractivity contribution in [1.29, 1.82) is 0 Å². The highest BCUT2D eigenvalue weighted by atomic mass is 16.3. The van der Waals surface area contributed by atoms with Gasteiger partial charge in [0.25, 0.3) is 0 Å². The number of phenolic OH excluding ortho intramolecular Hbond substituents is 1. The molecule has 0 spiro atoms. The molecule has 3 rings (SSSR count). The van der Waals surface area contributed by atoms with E-state index < -0.39 is 0 Å². The molecule has 0 saturated carbocycles. The molecule has 2 heteroatoms. The monoisotopic (exact) mass is 281 g/mol. The second-order valence-corrected chi connectivity index (χ2v) is 6.71. The fraction of sp³-hybridized carbons (Fsp3) is 0.368. The van der Waals surface area contributed by atoms with Crippen LogP contribution < -0.4 is 5.32 Å². The molecule has 0 bridgehead atoms. The van der Waals surface area contributed by atoms with Crippen molar-refractivity contribution in [3.8, 4) is 5.75 Å². The number of hydrogen-bond acceptors (Lipinski definition) is 2. The summed E-state index contributed by atoms with van der Waals surface area (Å²) in [5.41, 5.74) is 5.29. The molecule has 110 valence electrons. The number of aryl methyl sites for hydroxylation is 1. The first-order valence-electron chi connectivity index (χ1n) is 7.63. The maximum Gasteiger partial charge on any atom is 0.115 e. The molecule has 0 radical (unpaired) electrons. The van der Waals surface area contributed by atoms with E-state index in [1.807, 2.05) is 13.0 Å². The van der Waals surface area contributed by atoms with Crippen LogP contribution in [0.3, 0.4) is 0 Å². The van der Waals surface area contributed by atoms with Crippen LogP contribution in [-0.4, -0.2) is 5.11 Å². The van der Waals surface area contributed by atoms with E-state index in [1.54, 1.807) is 12.1 Å². The molecule has 2 aromatic carbocycles. The van der Waals surface area contributed by atoms with Gasteiger partial charge < -0.3 is 10.4 Å². The number of anilines is 1. The van der Waals surface area contributed by atoms with Gasteiger partial charge in [0.1, 0.15) is 5.75 Å². The zero-order chi connectivity index (χ0) is 15.0. The molecular weight excluding hydrogens is 258 g/mol. The van der Waals surface area contributed by atoms with Crippen LogP contribution in [0.25, 0.3) is 0 Å². The molecule has 0 aliphatic heterocycles. The summed E-state index contributed by atoms with van der Waals surface area (Å²) >= 11 is 0. The number of fused-ring (bicyclic) bond motifs is 1. The van der Waals surface area contributed by atoms with Crippen molar-refractivity contribution in [2.24, 2.45) is 0 Å². The summed E-state index contributed by atoms with van der Waals surface area (Å²) in [4.78, 5) is 0. The van der Waals surface area contributed by atoms with Crippen molar-refractivity contribution in [1.82, 2.24) is 0 Å². The lowest BCUT2D eigenvalue weighted by Gasteiger charge is -2.38. The molecule has 1 atom stereocenters. The van der Waals surface area contributed by atoms with E-state index in [2.05, 4.69) is 43.4 Å². The zero-order valence-corrected chi connectivity index (χ0v) is 13.0. The lowest BCUT2D eigenvalue weighted by atomic mass is 9.71. The Bertz CT molecular complexity index is 660. The van der Waals surface area contributed by atoms with Gasteiger partial charge in [-0.3, -0.25) is 0 Å². The molecule has 0 fully saturated rings. The molecule has 1 unspecified atom stereocenters. The molecule has 1 aliphatic rings. The summed E-state index contributed by atoms with van der Waals surface area (Å²) in [5.74, 6) is 0.322. The van der Waals surface area contributed by atoms with E-state index in [4.69, 9.17) is 0 Å². The van der Waals surface area contributed by atoms with Crippen molar-refractivity contribution >= 4 is 5.69 Å². The number of aromatic hydroxyl groups is 1. The number of nitrogens with one attached hydrogen (secondary N) is 1. The quantitative estimate of drug-likeness (QED) is 0.765. The van der Waals surface area contributed by atoms with E-state index in [0.29, 0.717) is 11.8 Å². The van der Waals surface area contributed by atoms with Gasteiger partial charge in [0, 0.05) is 5.69 Å². The number of rotatable bonds is 2. The van der Waals surface area contributed by atoms with Gasteiger partial charge in [-0.25, -0.2) is 0 Å². The summed E-state index contributed by atoms with van der Waals surface area (Å²) < 4.78 is 0. The zero-order valence-electron chi connectivity index (χ0n) is 13.0. The Morgan fingerprint density at radius 1 is 1.14 bits per heavy atom. The van der Waals surface area contributed by atoms with E-state index in [-0.39, 0.29) is 5.41 Å². The first kappa shape index (κ1) is 14.0. The van der Waals surface area contributed by atoms with Crippen LogP contribution in [0.5, 0.6) is 5.75 Å². The highest BCUT2D eigenvalue weighted by Gasteiger charge is 2.32. The van der Waals surface area contributed by atoms with Crippen LogP contribution in [0.4, 0.5) is 5.69 Å². The Balaban J connectivity index is 1.94. The topological polar surface area (TPSA) is 32.3 Å². The van der Waals surface area contributed by atoms with Gasteiger partial charge >= 0.3 is 0 Å². The highest BCUT2D eigenvalue weighted by Crippen LogP contribution is 2.42. The van der Waals surface area contributed by atoms with Crippen LogP contribution in [0, 0.1) is 6.92 Å². The minimum absolute atomic E-state index is 0.249. The molecule has 0 heterocycles. The average molecular weight is 281 g/mol. The molecule has 2 N–H and O–H groups in total. The minimum atomic E-state index is 0.249. The van der Waals surface area contributed by atoms with Crippen LogP contribution in [0.1, 0.15) is 49.4 Å². The molecule has 0 saturated heterocycles. The smallest absolute Gasteiger partial charge is 0.115 e. The second kappa shape index (κ2) is 5.10. The molecule has 21 heavy (non-hydrogen) atoms. The summed E-state index contributed by atoms with van der Waals surface area (Å²) in [7, 11) is 0. The molecule has 2 nitrogen and oxygen atoms in total. The highest BCUT2D eigenvalue weighted by molar-refractivity contribution is 5.55.